The Balaban J connectivity index is 2.38. The molecule has 0 saturated heterocycles. The Morgan fingerprint density at radius 2 is 1.77 bits per heavy atom. The van der Waals surface area contributed by atoms with Crippen molar-refractivity contribution >= 4 is 27.7 Å². The van der Waals surface area contributed by atoms with E-state index in [4.69, 9.17) is 16.6 Å². The lowest BCUT2D eigenvalue weighted by atomic mass is 9.99. The molecule has 0 saturated carbocycles. The maximum absolute atomic E-state index is 11.8. The Morgan fingerprint density at radius 1 is 1.00 bits per heavy atom. The van der Waals surface area contributed by atoms with Gasteiger partial charge in [0.1, 0.15) is 0 Å². The first kappa shape index (κ1) is 14.7. The van der Waals surface area contributed by atoms with Gasteiger partial charge < -0.3 is 0 Å². The highest BCUT2D eigenvalue weighted by Crippen LogP contribution is 2.29. The standard InChI is InChI=1S/C19H16ClNO/c1-11-7-8-12(2)15(9-11)17-10-16(19(20)22)14-6-4-5-13(3)18(14)21-17/h4-10H,1-3H3. The number of hydrogen-bond acceptors (Lipinski definition) is 2. The monoisotopic (exact) mass is 309 g/mol. The fourth-order valence-electron chi connectivity index (χ4n) is 2.70. The van der Waals surface area contributed by atoms with Crippen LogP contribution in [0, 0.1) is 20.8 Å². The minimum atomic E-state index is -0.454. The summed E-state index contributed by atoms with van der Waals surface area (Å²) >= 11 is 5.80. The van der Waals surface area contributed by atoms with Crippen molar-refractivity contribution in [1.29, 1.82) is 0 Å². The number of pyridine rings is 1. The van der Waals surface area contributed by atoms with Crippen molar-refractivity contribution in [3.05, 3.63) is 64.7 Å². The number of nitrogens with zero attached hydrogens (tertiary/aromatic N) is 1. The van der Waals surface area contributed by atoms with E-state index in [1.807, 2.05) is 39.0 Å². The number of aromatic nitrogens is 1. The topological polar surface area (TPSA) is 30.0 Å². The molecular weight excluding hydrogens is 294 g/mol. The summed E-state index contributed by atoms with van der Waals surface area (Å²) in [5.74, 6) is 0. The fourth-order valence-corrected chi connectivity index (χ4v) is 2.86. The van der Waals surface area contributed by atoms with Gasteiger partial charge in [-0.3, -0.25) is 4.79 Å². The second-order valence-electron chi connectivity index (χ2n) is 5.62. The fraction of sp³-hybridized carbons (Fsp3) is 0.158. The van der Waals surface area contributed by atoms with Crippen LogP contribution in [0.4, 0.5) is 0 Å². The lowest BCUT2D eigenvalue weighted by molar-refractivity contribution is 0.108. The third-order valence-corrected chi connectivity index (χ3v) is 4.13. The molecule has 3 heteroatoms. The molecule has 0 unspecified atom stereocenters. The molecular formula is C19H16ClNO. The van der Waals surface area contributed by atoms with Crippen molar-refractivity contribution in [2.45, 2.75) is 20.8 Å². The van der Waals surface area contributed by atoms with Crippen LogP contribution in [0.5, 0.6) is 0 Å². The van der Waals surface area contributed by atoms with E-state index in [-0.39, 0.29) is 0 Å². The van der Waals surface area contributed by atoms with E-state index in [0.717, 1.165) is 38.9 Å². The van der Waals surface area contributed by atoms with Gasteiger partial charge in [-0.05, 0) is 55.6 Å². The van der Waals surface area contributed by atoms with Gasteiger partial charge in [0.05, 0.1) is 11.2 Å². The van der Waals surface area contributed by atoms with E-state index in [0.29, 0.717) is 5.56 Å². The van der Waals surface area contributed by atoms with Gasteiger partial charge in [0.25, 0.3) is 5.24 Å². The predicted octanol–water partition coefficient (Wildman–Crippen LogP) is 5.21. The molecule has 0 aliphatic heterocycles. The maximum Gasteiger partial charge on any atom is 0.253 e. The SMILES string of the molecule is Cc1ccc(C)c(-c2cc(C(=O)Cl)c3cccc(C)c3n2)c1. The highest BCUT2D eigenvalue weighted by atomic mass is 35.5. The number of carbonyl (C=O) groups is 1. The van der Waals surface area contributed by atoms with Crippen molar-refractivity contribution < 1.29 is 4.79 Å². The van der Waals surface area contributed by atoms with Crippen LogP contribution in [0.2, 0.25) is 0 Å². The number of halogens is 1. The highest BCUT2D eigenvalue weighted by molar-refractivity contribution is 6.68. The summed E-state index contributed by atoms with van der Waals surface area (Å²) in [6.07, 6.45) is 0. The van der Waals surface area contributed by atoms with E-state index in [9.17, 15) is 4.79 Å². The second kappa shape index (κ2) is 5.54. The van der Waals surface area contributed by atoms with E-state index in [1.54, 1.807) is 6.07 Å². The first-order chi connectivity index (χ1) is 10.5. The minimum Gasteiger partial charge on any atom is -0.276 e. The molecule has 22 heavy (non-hydrogen) atoms. The lowest BCUT2D eigenvalue weighted by Crippen LogP contribution is -1.98. The van der Waals surface area contributed by atoms with Crippen molar-refractivity contribution in [3.63, 3.8) is 0 Å². The predicted molar refractivity (Wildman–Crippen MR) is 91.6 cm³/mol. The number of fused-ring (bicyclic) bond motifs is 1. The van der Waals surface area contributed by atoms with E-state index in [2.05, 4.69) is 18.2 Å². The highest BCUT2D eigenvalue weighted by Gasteiger charge is 2.14. The Morgan fingerprint density at radius 3 is 2.50 bits per heavy atom. The molecule has 2 aromatic carbocycles. The summed E-state index contributed by atoms with van der Waals surface area (Å²) in [6.45, 7) is 6.08. The number of hydrogen-bond donors (Lipinski definition) is 0. The summed E-state index contributed by atoms with van der Waals surface area (Å²) in [5, 5.41) is 0.346. The zero-order chi connectivity index (χ0) is 15.9. The quantitative estimate of drug-likeness (QED) is 0.608. The summed E-state index contributed by atoms with van der Waals surface area (Å²) in [6, 6.07) is 13.8. The van der Waals surface area contributed by atoms with Gasteiger partial charge in [-0.1, -0.05) is 35.9 Å². The molecule has 0 aliphatic rings. The third kappa shape index (κ3) is 2.51. The van der Waals surface area contributed by atoms with E-state index in [1.165, 1.54) is 0 Å². The van der Waals surface area contributed by atoms with Gasteiger partial charge in [0, 0.05) is 16.5 Å². The second-order valence-corrected chi connectivity index (χ2v) is 5.96. The average molecular weight is 310 g/mol. The summed E-state index contributed by atoms with van der Waals surface area (Å²) < 4.78 is 0. The van der Waals surface area contributed by atoms with E-state index >= 15 is 0 Å². The molecule has 0 bridgehead atoms. The molecule has 0 amide bonds. The molecule has 0 aliphatic carbocycles. The van der Waals surface area contributed by atoms with Crippen LogP contribution in [0.25, 0.3) is 22.2 Å². The van der Waals surface area contributed by atoms with Gasteiger partial charge in [-0.2, -0.15) is 0 Å². The van der Waals surface area contributed by atoms with Crippen LogP contribution in [0.1, 0.15) is 27.0 Å². The number of para-hydroxylation sites is 1. The van der Waals surface area contributed by atoms with Gasteiger partial charge in [0.15, 0.2) is 0 Å². The van der Waals surface area contributed by atoms with Crippen molar-refractivity contribution in [2.75, 3.05) is 0 Å². The zero-order valence-electron chi connectivity index (χ0n) is 12.8. The normalized spacial score (nSPS) is 10.9. The minimum absolute atomic E-state index is 0.454. The van der Waals surface area contributed by atoms with Crippen LogP contribution < -0.4 is 0 Å². The summed E-state index contributed by atoms with van der Waals surface area (Å²) in [7, 11) is 0. The molecule has 3 aromatic rings. The number of carbonyl (C=O) groups excluding carboxylic acids is 1. The number of rotatable bonds is 2. The van der Waals surface area contributed by atoms with Gasteiger partial charge in [0.2, 0.25) is 0 Å². The summed E-state index contributed by atoms with van der Waals surface area (Å²) in [4.78, 5) is 16.6. The van der Waals surface area contributed by atoms with Gasteiger partial charge >= 0.3 is 0 Å². The Labute approximate surface area is 134 Å². The van der Waals surface area contributed by atoms with Crippen molar-refractivity contribution in [2.24, 2.45) is 0 Å². The lowest BCUT2D eigenvalue weighted by Gasteiger charge is -2.11. The molecule has 1 heterocycles. The third-order valence-electron chi connectivity index (χ3n) is 3.92. The molecule has 0 atom stereocenters. The first-order valence-corrected chi connectivity index (χ1v) is 7.53. The molecule has 0 fully saturated rings. The molecule has 110 valence electrons. The average Bonchev–Trinajstić information content (AvgIpc) is 2.49. The number of benzene rings is 2. The van der Waals surface area contributed by atoms with Crippen molar-refractivity contribution in [1.82, 2.24) is 4.98 Å². The van der Waals surface area contributed by atoms with Gasteiger partial charge in [-0.15, -0.1) is 0 Å². The van der Waals surface area contributed by atoms with Crippen LogP contribution in [0.15, 0.2) is 42.5 Å². The Hall–Kier alpha value is -2.19. The zero-order valence-corrected chi connectivity index (χ0v) is 13.5. The van der Waals surface area contributed by atoms with Gasteiger partial charge in [-0.25, -0.2) is 4.98 Å². The molecule has 1 aromatic heterocycles. The maximum atomic E-state index is 11.8. The van der Waals surface area contributed by atoms with E-state index < -0.39 is 5.24 Å². The van der Waals surface area contributed by atoms with Crippen LogP contribution in [0.3, 0.4) is 0 Å². The smallest absolute Gasteiger partial charge is 0.253 e. The molecule has 2 nitrogen and oxygen atoms in total. The van der Waals surface area contributed by atoms with Crippen LogP contribution >= 0.6 is 11.6 Å². The van der Waals surface area contributed by atoms with Crippen LogP contribution in [-0.2, 0) is 0 Å². The molecule has 3 rings (SSSR count). The first-order valence-electron chi connectivity index (χ1n) is 7.15. The molecule has 0 radical (unpaired) electrons. The van der Waals surface area contributed by atoms with Crippen molar-refractivity contribution in [3.8, 4) is 11.3 Å². The largest absolute Gasteiger partial charge is 0.276 e. The Kier molecular flexibility index (Phi) is 3.71. The molecule has 0 N–H and O–H groups in total. The Bertz CT molecular complexity index is 899. The summed E-state index contributed by atoms with van der Waals surface area (Å²) in [5.41, 5.74) is 6.46. The number of aryl methyl sites for hydroxylation is 3. The van der Waals surface area contributed by atoms with Crippen LogP contribution in [-0.4, -0.2) is 10.2 Å². The molecule has 0 spiro atoms.